The molecule has 0 heterocycles. The van der Waals surface area contributed by atoms with E-state index in [0.717, 1.165) is 0 Å². The minimum Gasteiger partial charge on any atom is -0.347 e. The molecule has 0 saturated carbocycles. The van der Waals surface area contributed by atoms with Gasteiger partial charge in [0.25, 0.3) is 5.69 Å². The Hall–Kier alpha value is -2.44. The number of nitrogens with one attached hydrogen (secondary N) is 2. The molecule has 0 aliphatic rings. The van der Waals surface area contributed by atoms with Gasteiger partial charge in [0.15, 0.2) is 0 Å². The first-order valence-electron chi connectivity index (χ1n) is 6.44. The predicted octanol–water partition coefficient (Wildman–Crippen LogP) is 2.00. The van der Waals surface area contributed by atoms with Crippen LogP contribution < -0.4 is 10.6 Å². The Balaban J connectivity index is 2.69. The molecular formula is C14H19N3O4. The summed E-state index contributed by atoms with van der Waals surface area (Å²) in [4.78, 5) is 33.6. The van der Waals surface area contributed by atoms with E-state index >= 15 is 0 Å². The minimum atomic E-state index is -0.582. The fraction of sp³-hybridized carbons (Fsp3) is 0.429. The molecule has 0 fully saturated rings. The zero-order valence-corrected chi connectivity index (χ0v) is 12.5. The number of carbonyl (C=O) groups excluding carboxylic acids is 2. The van der Waals surface area contributed by atoms with Crippen molar-refractivity contribution in [2.45, 2.75) is 27.7 Å². The molecule has 0 aliphatic carbocycles. The zero-order chi connectivity index (χ0) is 16.2. The maximum Gasteiger partial charge on any atom is 0.271 e. The van der Waals surface area contributed by atoms with E-state index in [1.165, 1.54) is 12.1 Å². The van der Waals surface area contributed by atoms with E-state index in [9.17, 15) is 19.7 Å². The van der Waals surface area contributed by atoms with E-state index in [4.69, 9.17) is 0 Å². The molecule has 0 radical (unpaired) electrons. The van der Waals surface area contributed by atoms with Crippen molar-refractivity contribution >= 4 is 23.2 Å². The summed E-state index contributed by atoms with van der Waals surface area (Å²) in [5, 5.41) is 15.8. The van der Waals surface area contributed by atoms with Gasteiger partial charge in [-0.25, -0.2) is 0 Å². The monoisotopic (exact) mass is 293 g/mol. The number of aryl methyl sites for hydroxylation is 1. The molecule has 2 amide bonds. The van der Waals surface area contributed by atoms with Crippen molar-refractivity contribution in [3.05, 3.63) is 33.9 Å². The van der Waals surface area contributed by atoms with Crippen LogP contribution in [0.25, 0.3) is 0 Å². The van der Waals surface area contributed by atoms with Gasteiger partial charge in [0.1, 0.15) is 0 Å². The Labute approximate surface area is 122 Å². The molecule has 0 spiro atoms. The van der Waals surface area contributed by atoms with Gasteiger partial charge < -0.3 is 10.6 Å². The van der Waals surface area contributed by atoms with Crippen molar-refractivity contribution in [3.8, 4) is 0 Å². The summed E-state index contributed by atoms with van der Waals surface area (Å²) in [5.41, 5.74) is 0.381. The van der Waals surface area contributed by atoms with Gasteiger partial charge in [-0.2, -0.15) is 0 Å². The first-order valence-corrected chi connectivity index (χ1v) is 6.44. The van der Waals surface area contributed by atoms with Crippen LogP contribution in [0.1, 0.15) is 26.3 Å². The van der Waals surface area contributed by atoms with E-state index in [2.05, 4.69) is 10.6 Å². The molecule has 0 aromatic heterocycles. The van der Waals surface area contributed by atoms with E-state index in [1.54, 1.807) is 33.8 Å². The van der Waals surface area contributed by atoms with Gasteiger partial charge >= 0.3 is 0 Å². The quantitative estimate of drug-likeness (QED) is 0.654. The van der Waals surface area contributed by atoms with Crippen LogP contribution in [-0.4, -0.2) is 23.3 Å². The lowest BCUT2D eigenvalue weighted by Gasteiger charge is -2.17. The van der Waals surface area contributed by atoms with Gasteiger partial charge in [-0.05, 0) is 12.5 Å². The average Bonchev–Trinajstić information content (AvgIpc) is 2.37. The van der Waals surface area contributed by atoms with Crippen LogP contribution in [0.3, 0.4) is 0 Å². The normalized spacial score (nSPS) is 10.9. The Morgan fingerprint density at radius 2 is 1.90 bits per heavy atom. The number of hydrogen-bond acceptors (Lipinski definition) is 4. The van der Waals surface area contributed by atoms with Crippen molar-refractivity contribution in [3.63, 3.8) is 0 Å². The summed E-state index contributed by atoms with van der Waals surface area (Å²) in [7, 11) is 0. The van der Waals surface area contributed by atoms with Crippen molar-refractivity contribution in [1.82, 2.24) is 5.32 Å². The van der Waals surface area contributed by atoms with E-state index in [0.29, 0.717) is 11.3 Å². The van der Waals surface area contributed by atoms with Crippen LogP contribution in [0.15, 0.2) is 18.2 Å². The molecule has 7 heteroatoms. The zero-order valence-electron chi connectivity index (χ0n) is 12.5. The van der Waals surface area contributed by atoms with Crippen LogP contribution in [0, 0.1) is 22.5 Å². The highest BCUT2D eigenvalue weighted by molar-refractivity contribution is 5.96. The van der Waals surface area contributed by atoms with Gasteiger partial charge in [-0.1, -0.05) is 26.8 Å². The molecule has 2 N–H and O–H groups in total. The predicted molar refractivity (Wildman–Crippen MR) is 78.9 cm³/mol. The number of nitrogens with zero attached hydrogens (tertiary/aromatic N) is 1. The van der Waals surface area contributed by atoms with Gasteiger partial charge in [0.05, 0.1) is 17.2 Å². The molecule has 1 aromatic rings. The SMILES string of the molecule is Cc1ccc([N+](=O)[O-])cc1NC(=O)CNC(=O)C(C)(C)C. The van der Waals surface area contributed by atoms with Crippen LogP contribution >= 0.6 is 0 Å². The topological polar surface area (TPSA) is 101 Å². The smallest absolute Gasteiger partial charge is 0.271 e. The maximum absolute atomic E-state index is 11.8. The average molecular weight is 293 g/mol. The number of non-ortho nitro benzene ring substituents is 1. The molecule has 1 rings (SSSR count). The summed E-state index contributed by atoms with van der Waals surface area (Å²) >= 11 is 0. The summed E-state index contributed by atoms with van der Waals surface area (Å²) in [5.74, 6) is -0.676. The molecule has 114 valence electrons. The third-order valence-corrected chi connectivity index (χ3v) is 2.80. The molecule has 0 atom stereocenters. The molecule has 0 aliphatic heterocycles. The second kappa shape index (κ2) is 6.34. The van der Waals surface area contributed by atoms with Gasteiger partial charge in [0, 0.05) is 17.5 Å². The minimum absolute atomic E-state index is 0.102. The number of nitro groups is 1. The summed E-state index contributed by atoms with van der Waals surface area (Å²) in [6, 6.07) is 4.21. The fourth-order valence-electron chi connectivity index (χ4n) is 1.48. The molecule has 0 bridgehead atoms. The summed E-state index contributed by atoms with van der Waals surface area (Å²) < 4.78 is 0. The second-order valence-corrected chi connectivity index (χ2v) is 5.74. The summed E-state index contributed by atoms with van der Waals surface area (Å²) in [6.45, 7) is 6.77. The number of amides is 2. The van der Waals surface area contributed by atoms with Crippen molar-refractivity contribution in [1.29, 1.82) is 0 Å². The largest absolute Gasteiger partial charge is 0.347 e. The standard InChI is InChI=1S/C14H19N3O4/c1-9-5-6-10(17(20)21)7-11(9)16-12(18)8-15-13(19)14(2,3)4/h5-7H,8H2,1-4H3,(H,15,19)(H,16,18). The maximum atomic E-state index is 11.8. The van der Waals surface area contributed by atoms with Crippen molar-refractivity contribution in [2.75, 3.05) is 11.9 Å². The van der Waals surface area contributed by atoms with Crippen molar-refractivity contribution < 1.29 is 14.5 Å². The number of hydrogen-bond donors (Lipinski definition) is 2. The Morgan fingerprint density at radius 3 is 2.43 bits per heavy atom. The Morgan fingerprint density at radius 1 is 1.29 bits per heavy atom. The van der Waals surface area contributed by atoms with Gasteiger partial charge in [0.2, 0.25) is 11.8 Å². The lowest BCUT2D eigenvalue weighted by Crippen LogP contribution is -2.39. The third kappa shape index (κ3) is 4.87. The van der Waals surface area contributed by atoms with Crippen LogP contribution in [0.5, 0.6) is 0 Å². The summed E-state index contributed by atoms with van der Waals surface area (Å²) in [6.07, 6.45) is 0. The Kier molecular flexibility index (Phi) is 5.02. The van der Waals surface area contributed by atoms with E-state index in [-0.39, 0.29) is 18.1 Å². The molecule has 7 nitrogen and oxygen atoms in total. The lowest BCUT2D eigenvalue weighted by atomic mass is 9.96. The molecular weight excluding hydrogens is 274 g/mol. The number of benzene rings is 1. The first-order chi connectivity index (χ1) is 9.61. The van der Waals surface area contributed by atoms with E-state index < -0.39 is 16.2 Å². The third-order valence-electron chi connectivity index (χ3n) is 2.80. The number of rotatable bonds is 4. The van der Waals surface area contributed by atoms with E-state index in [1.807, 2.05) is 0 Å². The van der Waals surface area contributed by atoms with Crippen LogP contribution in [0.2, 0.25) is 0 Å². The fourth-order valence-corrected chi connectivity index (χ4v) is 1.48. The highest BCUT2D eigenvalue weighted by Crippen LogP contribution is 2.21. The van der Waals surface area contributed by atoms with Crippen molar-refractivity contribution in [2.24, 2.45) is 5.41 Å². The first kappa shape index (κ1) is 16.6. The highest BCUT2D eigenvalue weighted by atomic mass is 16.6. The molecule has 21 heavy (non-hydrogen) atoms. The van der Waals surface area contributed by atoms with Gasteiger partial charge in [-0.15, -0.1) is 0 Å². The molecule has 1 aromatic carbocycles. The number of nitro benzene ring substituents is 1. The number of anilines is 1. The van der Waals surface area contributed by atoms with Crippen LogP contribution in [-0.2, 0) is 9.59 Å². The molecule has 0 saturated heterocycles. The lowest BCUT2D eigenvalue weighted by molar-refractivity contribution is -0.384. The van der Waals surface area contributed by atoms with Gasteiger partial charge in [-0.3, -0.25) is 19.7 Å². The Bertz CT molecular complexity index is 576. The molecule has 0 unspecified atom stereocenters. The highest BCUT2D eigenvalue weighted by Gasteiger charge is 2.21. The second-order valence-electron chi connectivity index (χ2n) is 5.74. The number of carbonyl (C=O) groups is 2. The van der Waals surface area contributed by atoms with Crippen LogP contribution in [0.4, 0.5) is 11.4 Å².